The largest absolute Gasteiger partial charge is 0.464 e. The molecule has 3 heteroatoms. The zero-order chi connectivity index (χ0) is 14.4. The van der Waals surface area contributed by atoms with Crippen LogP contribution in [0.15, 0.2) is 42.5 Å². The maximum Gasteiger partial charge on any atom is 0.313 e. The van der Waals surface area contributed by atoms with E-state index in [-0.39, 0.29) is 17.8 Å². The van der Waals surface area contributed by atoms with E-state index in [0.717, 1.165) is 19.4 Å². The molecule has 0 bridgehead atoms. The third kappa shape index (κ3) is 3.94. The van der Waals surface area contributed by atoms with Crippen molar-refractivity contribution in [3.05, 3.63) is 48.0 Å². The molecular formula is C17H23NO2. The molecule has 1 aromatic carbocycles. The Morgan fingerprint density at radius 3 is 2.75 bits per heavy atom. The van der Waals surface area contributed by atoms with Crippen LogP contribution in [-0.2, 0) is 9.53 Å². The van der Waals surface area contributed by atoms with Gasteiger partial charge in [-0.25, -0.2) is 0 Å². The fourth-order valence-corrected chi connectivity index (χ4v) is 2.57. The zero-order valence-corrected chi connectivity index (χ0v) is 12.3. The fraction of sp³-hybridized carbons (Fsp3) is 0.471. The molecular weight excluding hydrogens is 250 g/mol. The summed E-state index contributed by atoms with van der Waals surface area (Å²) in [4.78, 5) is 14.3. The van der Waals surface area contributed by atoms with Gasteiger partial charge in [0.05, 0.1) is 5.92 Å². The van der Waals surface area contributed by atoms with E-state index in [4.69, 9.17) is 4.74 Å². The van der Waals surface area contributed by atoms with Crippen LogP contribution in [0, 0.1) is 5.92 Å². The summed E-state index contributed by atoms with van der Waals surface area (Å²) in [6, 6.07) is 10.3. The first-order valence-electron chi connectivity index (χ1n) is 7.21. The minimum absolute atomic E-state index is 0.100. The Kier molecular flexibility index (Phi) is 5.36. The lowest BCUT2D eigenvalue weighted by Gasteiger charge is -2.26. The van der Waals surface area contributed by atoms with E-state index in [1.54, 1.807) is 0 Å². The molecule has 0 spiro atoms. The van der Waals surface area contributed by atoms with Gasteiger partial charge in [0.15, 0.2) is 0 Å². The molecule has 1 aromatic rings. The summed E-state index contributed by atoms with van der Waals surface area (Å²) >= 11 is 0. The zero-order valence-electron chi connectivity index (χ0n) is 12.3. The second-order valence-electron chi connectivity index (χ2n) is 5.52. The summed E-state index contributed by atoms with van der Waals surface area (Å²) in [5, 5.41) is 0. The molecule has 1 aliphatic carbocycles. The SMILES string of the molecule is CN(C)CCOC(=O)C1C=CCCC1c1ccccc1. The van der Waals surface area contributed by atoms with Crippen LogP contribution >= 0.6 is 0 Å². The Labute approximate surface area is 121 Å². The van der Waals surface area contributed by atoms with E-state index in [1.807, 2.05) is 43.3 Å². The lowest BCUT2D eigenvalue weighted by Crippen LogP contribution is -2.27. The second-order valence-corrected chi connectivity index (χ2v) is 5.52. The normalized spacial score (nSPS) is 21.9. The van der Waals surface area contributed by atoms with E-state index in [1.165, 1.54) is 5.56 Å². The summed E-state index contributed by atoms with van der Waals surface area (Å²) in [6.07, 6.45) is 6.14. The molecule has 0 aliphatic heterocycles. The minimum Gasteiger partial charge on any atom is -0.464 e. The average molecular weight is 273 g/mol. The molecule has 3 nitrogen and oxygen atoms in total. The predicted molar refractivity (Wildman–Crippen MR) is 80.6 cm³/mol. The molecule has 2 unspecified atom stereocenters. The van der Waals surface area contributed by atoms with Crippen LogP contribution in [0.5, 0.6) is 0 Å². The lowest BCUT2D eigenvalue weighted by molar-refractivity contribution is -0.148. The number of rotatable bonds is 5. The van der Waals surface area contributed by atoms with E-state index in [0.29, 0.717) is 6.61 Å². The van der Waals surface area contributed by atoms with Crippen LogP contribution in [-0.4, -0.2) is 38.1 Å². The van der Waals surface area contributed by atoms with Gasteiger partial charge in [0.1, 0.15) is 6.61 Å². The molecule has 0 aromatic heterocycles. The fourth-order valence-electron chi connectivity index (χ4n) is 2.57. The van der Waals surface area contributed by atoms with Gasteiger partial charge in [-0.15, -0.1) is 0 Å². The van der Waals surface area contributed by atoms with Crippen molar-refractivity contribution in [1.82, 2.24) is 4.90 Å². The topological polar surface area (TPSA) is 29.5 Å². The van der Waals surface area contributed by atoms with Crippen molar-refractivity contribution < 1.29 is 9.53 Å². The van der Waals surface area contributed by atoms with E-state index in [9.17, 15) is 4.79 Å². The van der Waals surface area contributed by atoms with Crippen LogP contribution in [0.2, 0.25) is 0 Å². The van der Waals surface area contributed by atoms with E-state index in [2.05, 4.69) is 18.2 Å². The van der Waals surface area contributed by atoms with Gasteiger partial charge in [0, 0.05) is 12.5 Å². The first-order chi connectivity index (χ1) is 9.68. The number of carbonyl (C=O) groups is 1. The van der Waals surface area contributed by atoms with Crippen molar-refractivity contribution in [1.29, 1.82) is 0 Å². The molecule has 1 aliphatic rings. The van der Waals surface area contributed by atoms with Crippen molar-refractivity contribution in [3.8, 4) is 0 Å². The molecule has 0 fully saturated rings. The number of carbonyl (C=O) groups excluding carboxylic acids is 1. The third-order valence-corrected chi connectivity index (χ3v) is 3.70. The highest BCUT2D eigenvalue weighted by Gasteiger charge is 2.30. The van der Waals surface area contributed by atoms with Gasteiger partial charge in [-0.1, -0.05) is 42.5 Å². The highest BCUT2D eigenvalue weighted by atomic mass is 16.5. The number of hydrogen-bond donors (Lipinski definition) is 0. The molecule has 0 N–H and O–H groups in total. The van der Waals surface area contributed by atoms with Gasteiger partial charge in [0.25, 0.3) is 0 Å². The van der Waals surface area contributed by atoms with Gasteiger partial charge in [-0.3, -0.25) is 4.79 Å². The van der Waals surface area contributed by atoms with Gasteiger partial charge >= 0.3 is 5.97 Å². The highest BCUT2D eigenvalue weighted by Crippen LogP contribution is 2.34. The molecule has 0 saturated heterocycles. The minimum atomic E-state index is -0.145. The molecule has 20 heavy (non-hydrogen) atoms. The van der Waals surface area contributed by atoms with Crippen molar-refractivity contribution in [2.45, 2.75) is 18.8 Å². The molecule has 0 saturated carbocycles. The number of benzene rings is 1. The van der Waals surface area contributed by atoms with Gasteiger partial charge in [-0.2, -0.15) is 0 Å². The van der Waals surface area contributed by atoms with Crippen molar-refractivity contribution in [2.75, 3.05) is 27.2 Å². The molecule has 0 heterocycles. The summed E-state index contributed by atoms with van der Waals surface area (Å²) in [5.74, 6) is -0.00183. The highest BCUT2D eigenvalue weighted by molar-refractivity contribution is 5.76. The predicted octanol–water partition coefficient (Wildman–Crippen LogP) is 2.84. The Hall–Kier alpha value is -1.61. The van der Waals surface area contributed by atoms with E-state index < -0.39 is 0 Å². The first-order valence-corrected chi connectivity index (χ1v) is 7.21. The van der Waals surface area contributed by atoms with Crippen LogP contribution in [0.1, 0.15) is 24.3 Å². The smallest absolute Gasteiger partial charge is 0.313 e. The van der Waals surface area contributed by atoms with Gasteiger partial charge in [-0.05, 0) is 32.5 Å². The molecule has 0 amide bonds. The molecule has 0 radical (unpaired) electrons. The first kappa shape index (κ1) is 14.8. The summed E-state index contributed by atoms with van der Waals surface area (Å²) < 4.78 is 5.41. The van der Waals surface area contributed by atoms with Crippen LogP contribution in [0.4, 0.5) is 0 Å². The third-order valence-electron chi connectivity index (χ3n) is 3.70. The van der Waals surface area contributed by atoms with Crippen LogP contribution in [0.3, 0.4) is 0 Å². The quantitative estimate of drug-likeness (QED) is 0.610. The monoisotopic (exact) mass is 273 g/mol. The molecule has 108 valence electrons. The average Bonchev–Trinajstić information content (AvgIpc) is 2.47. The number of nitrogens with zero attached hydrogens (tertiary/aromatic N) is 1. The number of likely N-dealkylation sites (N-methyl/N-ethyl adjacent to an activating group) is 1. The maximum atomic E-state index is 12.3. The van der Waals surface area contributed by atoms with Gasteiger partial charge in [0.2, 0.25) is 0 Å². The Balaban J connectivity index is 2.01. The standard InChI is InChI=1S/C17H23NO2/c1-18(2)12-13-20-17(19)16-11-7-6-10-15(16)14-8-4-3-5-9-14/h3-5,7-9,11,15-16H,6,10,12-13H2,1-2H3. The Morgan fingerprint density at radius 1 is 1.30 bits per heavy atom. The van der Waals surface area contributed by atoms with Crippen molar-refractivity contribution in [3.63, 3.8) is 0 Å². The lowest BCUT2D eigenvalue weighted by atomic mass is 9.79. The summed E-state index contributed by atoms with van der Waals surface area (Å²) in [5.41, 5.74) is 1.23. The summed E-state index contributed by atoms with van der Waals surface area (Å²) in [7, 11) is 3.95. The van der Waals surface area contributed by atoms with Crippen molar-refractivity contribution >= 4 is 5.97 Å². The number of esters is 1. The van der Waals surface area contributed by atoms with Crippen LogP contribution < -0.4 is 0 Å². The molecule has 2 rings (SSSR count). The van der Waals surface area contributed by atoms with Crippen LogP contribution in [0.25, 0.3) is 0 Å². The number of allylic oxidation sites excluding steroid dienone is 1. The summed E-state index contributed by atoms with van der Waals surface area (Å²) in [6.45, 7) is 1.22. The maximum absolute atomic E-state index is 12.3. The Bertz CT molecular complexity index is 453. The molecule has 2 atom stereocenters. The van der Waals surface area contributed by atoms with Gasteiger partial charge < -0.3 is 9.64 Å². The second kappa shape index (κ2) is 7.25. The van der Waals surface area contributed by atoms with Crippen molar-refractivity contribution in [2.24, 2.45) is 5.92 Å². The Morgan fingerprint density at radius 2 is 2.05 bits per heavy atom. The number of ether oxygens (including phenoxy) is 1. The number of hydrogen-bond acceptors (Lipinski definition) is 3. The van der Waals surface area contributed by atoms with E-state index >= 15 is 0 Å².